The number of ether oxygens (including phenoxy) is 1. The van der Waals surface area contributed by atoms with Crippen molar-refractivity contribution in [3.63, 3.8) is 0 Å². The molecule has 2 N–H and O–H groups in total. The van der Waals surface area contributed by atoms with Gasteiger partial charge in [0.2, 0.25) is 0 Å². The van der Waals surface area contributed by atoms with Gasteiger partial charge in [-0.25, -0.2) is 9.78 Å². The lowest BCUT2D eigenvalue weighted by Crippen LogP contribution is -2.37. The summed E-state index contributed by atoms with van der Waals surface area (Å²) in [5, 5.41) is 28.9. The van der Waals surface area contributed by atoms with Crippen LogP contribution in [0.5, 0.6) is 11.5 Å². The van der Waals surface area contributed by atoms with Crippen molar-refractivity contribution in [2.45, 2.75) is 19.0 Å². The molecule has 1 aromatic carbocycles. The third-order valence-electron chi connectivity index (χ3n) is 6.20. The molecule has 1 unspecified atom stereocenters. The van der Waals surface area contributed by atoms with Crippen molar-refractivity contribution in [3.8, 4) is 11.5 Å². The molecule has 5 rings (SSSR count). The summed E-state index contributed by atoms with van der Waals surface area (Å²) in [5.41, 5.74) is 2.64. The van der Waals surface area contributed by atoms with Gasteiger partial charge < -0.3 is 24.3 Å². The number of methoxy groups -OCH3 is 1. The van der Waals surface area contributed by atoms with Gasteiger partial charge in [0, 0.05) is 50.6 Å². The van der Waals surface area contributed by atoms with Crippen molar-refractivity contribution in [1.82, 2.24) is 14.8 Å². The minimum atomic E-state index is -0.934. The SMILES string of the molecule is COc1ccc2c(O)c(C=C3N=Nc4ncccc43)oc2c1CN1CCC(N(C)C(=O)O)C1. The molecule has 1 atom stereocenters. The predicted octanol–water partition coefficient (Wildman–Crippen LogP) is 4.32. The molecule has 10 heteroatoms. The Labute approximate surface area is 189 Å². The lowest BCUT2D eigenvalue weighted by Gasteiger charge is -2.22. The average molecular weight is 449 g/mol. The number of aromatic hydroxyl groups is 1. The van der Waals surface area contributed by atoms with Crippen LogP contribution >= 0.6 is 0 Å². The van der Waals surface area contributed by atoms with Crippen LogP contribution in [0.15, 0.2) is 45.1 Å². The Morgan fingerprint density at radius 1 is 1.36 bits per heavy atom. The maximum absolute atomic E-state index is 11.3. The summed E-state index contributed by atoms with van der Waals surface area (Å²) >= 11 is 0. The Balaban J connectivity index is 1.49. The molecule has 0 spiro atoms. The van der Waals surface area contributed by atoms with Crippen LogP contribution in [0.4, 0.5) is 10.6 Å². The average Bonchev–Trinajstić information content (AvgIpc) is 3.53. The summed E-state index contributed by atoms with van der Waals surface area (Å²) in [7, 11) is 3.18. The zero-order valence-electron chi connectivity index (χ0n) is 18.2. The molecule has 1 saturated heterocycles. The number of furan rings is 1. The first-order valence-corrected chi connectivity index (χ1v) is 10.5. The number of azo groups is 1. The van der Waals surface area contributed by atoms with E-state index in [1.54, 1.807) is 44.6 Å². The van der Waals surface area contributed by atoms with Crippen LogP contribution in [0.2, 0.25) is 0 Å². The van der Waals surface area contributed by atoms with E-state index in [4.69, 9.17) is 9.15 Å². The first-order valence-electron chi connectivity index (χ1n) is 10.5. The zero-order chi connectivity index (χ0) is 23.1. The number of nitrogens with zero attached hydrogens (tertiary/aromatic N) is 5. The highest BCUT2D eigenvalue weighted by atomic mass is 16.5. The summed E-state index contributed by atoms with van der Waals surface area (Å²) in [6, 6.07) is 7.15. The van der Waals surface area contributed by atoms with Crippen molar-refractivity contribution >= 4 is 34.7 Å². The number of likely N-dealkylation sites (N-methyl/N-ethyl adjacent to an activating group) is 1. The van der Waals surface area contributed by atoms with Gasteiger partial charge in [0.15, 0.2) is 17.3 Å². The number of pyridine rings is 1. The summed E-state index contributed by atoms with van der Waals surface area (Å²) < 4.78 is 11.7. The fraction of sp³-hybridized carbons (Fsp3) is 0.304. The van der Waals surface area contributed by atoms with Crippen LogP contribution < -0.4 is 4.74 Å². The molecule has 0 radical (unpaired) electrons. The minimum absolute atomic E-state index is 0.0128. The Morgan fingerprint density at radius 3 is 3.00 bits per heavy atom. The quantitative estimate of drug-likeness (QED) is 0.594. The number of carbonyl (C=O) groups is 1. The van der Waals surface area contributed by atoms with Gasteiger partial charge in [-0.05, 0) is 30.7 Å². The molecule has 0 bridgehead atoms. The zero-order valence-corrected chi connectivity index (χ0v) is 18.2. The smallest absolute Gasteiger partial charge is 0.407 e. The molecule has 0 saturated carbocycles. The molecular formula is C23H23N5O5. The largest absolute Gasteiger partial charge is 0.504 e. The second-order valence-corrected chi connectivity index (χ2v) is 8.11. The first kappa shape index (κ1) is 21.0. The van der Waals surface area contributed by atoms with Gasteiger partial charge in [0.1, 0.15) is 17.0 Å². The van der Waals surface area contributed by atoms with Crippen molar-refractivity contribution in [3.05, 3.63) is 47.3 Å². The number of benzene rings is 1. The summed E-state index contributed by atoms with van der Waals surface area (Å²) in [6.07, 6.45) is 3.11. The summed E-state index contributed by atoms with van der Waals surface area (Å²) in [6.45, 7) is 1.85. The van der Waals surface area contributed by atoms with Gasteiger partial charge in [-0.1, -0.05) is 0 Å². The maximum atomic E-state index is 11.3. The van der Waals surface area contributed by atoms with Crippen molar-refractivity contribution < 1.29 is 24.2 Å². The third-order valence-corrected chi connectivity index (χ3v) is 6.20. The van der Waals surface area contributed by atoms with E-state index in [0.717, 1.165) is 24.1 Å². The molecule has 2 aliphatic rings. The fourth-order valence-corrected chi connectivity index (χ4v) is 4.36. The molecule has 1 fully saturated rings. The van der Waals surface area contributed by atoms with Crippen LogP contribution in [-0.4, -0.2) is 64.4 Å². The second-order valence-electron chi connectivity index (χ2n) is 8.11. The number of hydrogen-bond donors (Lipinski definition) is 2. The van der Waals surface area contributed by atoms with E-state index in [1.807, 2.05) is 6.07 Å². The number of fused-ring (bicyclic) bond motifs is 2. The molecule has 3 aromatic rings. The Kier molecular flexibility index (Phi) is 5.21. The summed E-state index contributed by atoms with van der Waals surface area (Å²) in [4.78, 5) is 19.0. The van der Waals surface area contributed by atoms with Crippen LogP contribution in [0, 0.1) is 0 Å². The second kappa shape index (κ2) is 8.21. The van der Waals surface area contributed by atoms with E-state index < -0.39 is 6.09 Å². The Bertz CT molecular complexity index is 1300. The van der Waals surface area contributed by atoms with E-state index in [0.29, 0.717) is 41.3 Å². The van der Waals surface area contributed by atoms with Crippen LogP contribution in [0.25, 0.3) is 22.7 Å². The molecule has 0 aliphatic carbocycles. The summed E-state index contributed by atoms with van der Waals surface area (Å²) in [5.74, 6) is 1.45. The number of likely N-dealkylation sites (tertiary alicyclic amines) is 1. The van der Waals surface area contributed by atoms with E-state index in [2.05, 4.69) is 20.1 Å². The van der Waals surface area contributed by atoms with Gasteiger partial charge in [-0.3, -0.25) is 4.90 Å². The number of carboxylic acid groups (broad SMARTS) is 1. The fourth-order valence-electron chi connectivity index (χ4n) is 4.36. The Hall–Kier alpha value is -3.92. The van der Waals surface area contributed by atoms with E-state index in [9.17, 15) is 15.0 Å². The number of rotatable bonds is 5. The lowest BCUT2D eigenvalue weighted by atomic mass is 10.1. The third kappa shape index (κ3) is 3.68. The standard InChI is InChI=1S/C23H23N5O5/c1-27(23(30)31)13-7-9-28(11-13)12-16-18(32-2)6-5-15-20(29)19(33-21(15)16)10-17-14-4-3-8-24-22(14)26-25-17/h3-6,8,10,13,29H,7,9,11-12H2,1-2H3,(H,30,31). The van der Waals surface area contributed by atoms with Gasteiger partial charge in [-0.15, -0.1) is 10.2 Å². The van der Waals surface area contributed by atoms with E-state index in [1.165, 1.54) is 4.90 Å². The Morgan fingerprint density at radius 2 is 2.21 bits per heavy atom. The number of amides is 1. The van der Waals surface area contributed by atoms with Gasteiger partial charge in [0.05, 0.1) is 18.1 Å². The predicted molar refractivity (Wildman–Crippen MR) is 121 cm³/mol. The minimum Gasteiger partial charge on any atom is -0.504 e. The van der Waals surface area contributed by atoms with Gasteiger partial charge in [0.25, 0.3) is 0 Å². The molecule has 2 aromatic heterocycles. The van der Waals surface area contributed by atoms with Crippen molar-refractivity contribution in [1.29, 1.82) is 0 Å². The molecule has 4 heterocycles. The molecule has 1 amide bonds. The highest BCUT2D eigenvalue weighted by molar-refractivity contribution is 5.94. The van der Waals surface area contributed by atoms with E-state index >= 15 is 0 Å². The molecule has 170 valence electrons. The highest BCUT2D eigenvalue weighted by Crippen LogP contribution is 2.42. The van der Waals surface area contributed by atoms with Gasteiger partial charge >= 0.3 is 6.09 Å². The topological polar surface area (TPSA) is 124 Å². The van der Waals surface area contributed by atoms with Crippen molar-refractivity contribution in [2.24, 2.45) is 10.2 Å². The van der Waals surface area contributed by atoms with Crippen molar-refractivity contribution in [2.75, 3.05) is 27.2 Å². The van der Waals surface area contributed by atoms with Crippen LogP contribution in [0.3, 0.4) is 0 Å². The monoisotopic (exact) mass is 449 g/mol. The van der Waals surface area contributed by atoms with Gasteiger partial charge in [-0.2, -0.15) is 0 Å². The molecule has 10 nitrogen and oxygen atoms in total. The maximum Gasteiger partial charge on any atom is 0.407 e. The number of aromatic nitrogens is 1. The molecular weight excluding hydrogens is 426 g/mol. The first-order chi connectivity index (χ1) is 16.0. The normalized spacial score (nSPS) is 18.8. The highest BCUT2D eigenvalue weighted by Gasteiger charge is 2.30. The lowest BCUT2D eigenvalue weighted by molar-refractivity contribution is 0.138. The number of hydrogen-bond acceptors (Lipinski definition) is 8. The van der Waals surface area contributed by atoms with Crippen LogP contribution in [0.1, 0.15) is 23.3 Å². The van der Waals surface area contributed by atoms with E-state index in [-0.39, 0.29) is 17.6 Å². The van der Waals surface area contributed by atoms with Crippen LogP contribution in [-0.2, 0) is 6.54 Å². The molecule has 33 heavy (non-hydrogen) atoms. The molecule has 2 aliphatic heterocycles.